The molecular formula is C16H33NO3. The van der Waals surface area contributed by atoms with Crippen molar-refractivity contribution in [3.05, 3.63) is 0 Å². The maximum Gasteiger partial charge on any atom is 0.219 e. The molecule has 20 heavy (non-hydrogen) atoms. The maximum absolute atomic E-state index is 11.3. The Morgan fingerprint density at radius 2 is 1.20 bits per heavy atom. The summed E-state index contributed by atoms with van der Waals surface area (Å²) >= 11 is 0. The normalized spacial score (nSPS) is 18.6. The van der Waals surface area contributed by atoms with Crippen molar-refractivity contribution >= 4 is 5.91 Å². The molecular weight excluding hydrogens is 254 g/mol. The molecule has 0 unspecified atom stereocenters. The number of hydrogen-bond acceptors (Lipinski definition) is 3. The Morgan fingerprint density at radius 1 is 0.750 bits per heavy atom. The van der Waals surface area contributed by atoms with Crippen molar-refractivity contribution in [3.63, 3.8) is 0 Å². The van der Waals surface area contributed by atoms with Crippen LogP contribution >= 0.6 is 0 Å². The zero-order valence-electron chi connectivity index (χ0n) is 12.9. The summed E-state index contributed by atoms with van der Waals surface area (Å²) in [7, 11) is 0. The minimum atomic E-state index is 0.195. The zero-order valence-corrected chi connectivity index (χ0v) is 12.9. The van der Waals surface area contributed by atoms with Gasteiger partial charge in [-0.1, -0.05) is 44.9 Å². The van der Waals surface area contributed by atoms with Gasteiger partial charge in [-0.25, -0.2) is 0 Å². The average molecular weight is 287 g/mol. The molecule has 0 aromatic carbocycles. The third kappa shape index (κ3) is 15.4. The first kappa shape index (κ1) is 19.4. The highest BCUT2D eigenvalue weighted by atomic mass is 16.3. The second kappa shape index (κ2) is 16.4. The van der Waals surface area contributed by atoms with E-state index in [4.69, 9.17) is 10.2 Å². The van der Waals surface area contributed by atoms with E-state index in [9.17, 15) is 4.79 Å². The van der Waals surface area contributed by atoms with Gasteiger partial charge < -0.3 is 15.5 Å². The van der Waals surface area contributed by atoms with E-state index in [0.717, 1.165) is 38.6 Å². The topological polar surface area (TPSA) is 69.6 Å². The van der Waals surface area contributed by atoms with E-state index in [2.05, 4.69) is 5.32 Å². The summed E-state index contributed by atoms with van der Waals surface area (Å²) in [5, 5.41) is 19.2. The molecule has 4 heteroatoms. The number of nitrogens with one attached hydrogen (secondary N) is 1. The van der Waals surface area contributed by atoms with Gasteiger partial charge in [-0.15, -0.1) is 0 Å². The summed E-state index contributed by atoms with van der Waals surface area (Å²) in [4.78, 5) is 11.3. The molecule has 0 aliphatic carbocycles. The molecule has 120 valence electrons. The number of rotatable bonds is 3. The highest BCUT2D eigenvalue weighted by Gasteiger charge is 2.01. The molecule has 1 saturated heterocycles. The largest absolute Gasteiger partial charge is 0.396 e. The number of carbonyl (C=O) groups excluding carboxylic acids is 1. The van der Waals surface area contributed by atoms with Crippen LogP contribution in [0.15, 0.2) is 0 Å². The fourth-order valence-corrected chi connectivity index (χ4v) is 2.19. The van der Waals surface area contributed by atoms with Gasteiger partial charge in [0.15, 0.2) is 0 Å². The van der Waals surface area contributed by atoms with E-state index in [0.29, 0.717) is 0 Å². The lowest BCUT2D eigenvalue weighted by atomic mass is 10.1. The van der Waals surface area contributed by atoms with Crippen molar-refractivity contribution in [2.45, 2.75) is 77.0 Å². The molecule has 1 rings (SSSR count). The van der Waals surface area contributed by atoms with Crippen LogP contribution in [0.3, 0.4) is 0 Å². The molecule has 4 nitrogen and oxygen atoms in total. The molecule has 1 heterocycles. The molecule has 0 aromatic heterocycles. The Balaban J connectivity index is 0.000000511. The van der Waals surface area contributed by atoms with E-state index in [-0.39, 0.29) is 19.1 Å². The average Bonchev–Trinajstić information content (AvgIpc) is 2.48. The SMILES string of the molecule is O=C1CCCCCCCCCCCN1.OCCCCO. The van der Waals surface area contributed by atoms with Gasteiger partial charge in [-0.05, 0) is 25.7 Å². The summed E-state index contributed by atoms with van der Waals surface area (Å²) < 4.78 is 0. The predicted octanol–water partition coefficient (Wildman–Crippen LogP) is 2.77. The van der Waals surface area contributed by atoms with Gasteiger partial charge in [0.25, 0.3) is 0 Å². The monoisotopic (exact) mass is 287 g/mol. The number of aliphatic hydroxyl groups excluding tert-OH is 2. The molecule has 0 saturated carbocycles. The van der Waals surface area contributed by atoms with E-state index in [1.165, 1.54) is 44.9 Å². The zero-order chi connectivity index (χ0) is 14.9. The molecule has 3 N–H and O–H groups in total. The summed E-state index contributed by atoms with van der Waals surface area (Å²) in [6, 6.07) is 0. The van der Waals surface area contributed by atoms with Crippen molar-refractivity contribution < 1.29 is 15.0 Å². The van der Waals surface area contributed by atoms with Gasteiger partial charge in [0.1, 0.15) is 0 Å². The number of amides is 1. The van der Waals surface area contributed by atoms with Gasteiger partial charge in [0, 0.05) is 26.2 Å². The van der Waals surface area contributed by atoms with Crippen LogP contribution in [0.4, 0.5) is 0 Å². The van der Waals surface area contributed by atoms with Gasteiger partial charge in [-0.2, -0.15) is 0 Å². The highest BCUT2D eigenvalue weighted by Crippen LogP contribution is 2.11. The molecule has 0 bridgehead atoms. The third-order valence-corrected chi connectivity index (χ3v) is 3.47. The number of hydrogen-bond donors (Lipinski definition) is 3. The van der Waals surface area contributed by atoms with E-state index in [1.807, 2.05) is 0 Å². The van der Waals surface area contributed by atoms with Crippen molar-refractivity contribution in [3.8, 4) is 0 Å². The highest BCUT2D eigenvalue weighted by molar-refractivity contribution is 5.75. The number of aliphatic hydroxyl groups is 2. The Bertz CT molecular complexity index is 190. The first-order chi connectivity index (χ1) is 9.81. The fourth-order valence-electron chi connectivity index (χ4n) is 2.19. The molecule has 1 aliphatic rings. The standard InChI is InChI=1S/C12H23NO.C4H10O2/c14-12-10-8-6-4-2-1-3-5-7-9-11-13-12;5-3-1-2-4-6/h1-11H2,(H,13,14);5-6H,1-4H2. The van der Waals surface area contributed by atoms with Crippen molar-refractivity contribution in [2.24, 2.45) is 0 Å². The minimum Gasteiger partial charge on any atom is -0.396 e. The van der Waals surface area contributed by atoms with Crippen LogP contribution in [-0.4, -0.2) is 35.9 Å². The van der Waals surface area contributed by atoms with Crippen molar-refractivity contribution in [1.82, 2.24) is 5.32 Å². The van der Waals surface area contributed by atoms with Crippen molar-refractivity contribution in [1.29, 1.82) is 0 Å². The summed E-state index contributed by atoms with van der Waals surface area (Å²) in [5.41, 5.74) is 0. The first-order valence-electron chi connectivity index (χ1n) is 8.29. The van der Waals surface area contributed by atoms with Crippen LogP contribution in [0.1, 0.15) is 77.0 Å². The molecule has 0 radical (unpaired) electrons. The number of carbonyl (C=O) groups is 1. The maximum atomic E-state index is 11.3. The summed E-state index contributed by atoms with van der Waals surface area (Å²) in [6.07, 6.45) is 13.7. The van der Waals surface area contributed by atoms with Crippen LogP contribution in [0.2, 0.25) is 0 Å². The minimum absolute atomic E-state index is 0.195. The van der Waals surface area contributed by atoms with Gasteiger partial charge in [0.2, 0.25) is 5.91 Å². The quantitative estimate of drug-likeness (QED) is 0.699. The smallest absolute Gasteiger partial charge is 0.219 e. The second-order valence-corrected chi connectivity index (χ2v) is 5.44. The molecule has 0 atom stereocenters. The van der Waals surface area contributed by atoms with Gasteiger partial charge >= 0.3 is 0 Å². The lowest BCUT2D eigenvalue weighted by Crippen LogP contribution is -2.23. The van der Waals surface area contributed by atoms with E-state index >= 15 is 0 Å². The Morgan fingerprint density at radius 3 is 1.70 bits per heavy atom. The summed E-state index contributed by atoms with van der Waals surface area (Å²) in [6.45, 7) is 1.28. The van der Waals surface area contributed by atoms with Crippen LogP contribution in [-0.2, 0) is 4.79 Å². The molecule has 0 aromatic rings. The van der Waals surface area contributed by atoms with E-state index < -0.39 is 0 Å². The lowest BCUT2D eigenvalue weighted by molar-refractivity contribution is -0.121. The third-order valence-electron chi connectivity index (χ3n) is 3.47. The van der Waals surface area contributed by atoms with Gasteiger partial charge in [-0.3, -0.25) is 4.79 Å². The van der Waals surface area contributed by atoms with Crippen LogP contribution in [0, 0.1) is 0 Å². The second-order valence-electron chi connectivity index (χ2n) is 5.44. The first-order valence-corrected chi connectivity index (χ1v) is 8.29. The Hall–Kier alpha value is -0.610. The molecule has 1 aliphatic heterocycles. The van der Waals surface area contributed by atoms with Crippen LogP contribution in [0.25, 0.3) is 0 Å². The molecule has 1 fully saturated rings. The van der Waals surface area contributed by atoms with Gasteiger partial charge in [0.05, 0.1) is 0 Å². The molecule has 1 amide bonds. The fraction of sp³-hybridized carbons (Fsp3) is 0.938. The number of unbranched alkanes of at least 4 members (excludes halogenated alkanes) is 1. The molecule has 0 spiro atoms. The summed E-state index contributed by atoms with van der Waals surface area (Å²) in [5.74, 6) is 0.254. The lowest BCUT2D eigenvalue weighted by Gasteiger charge is -2.03. The Kier molecular flexibility index (Phi) is 15.9. The Labute approximate surface area is 124 Å². The predicted molar refractivity (Wildman–Crippen MR) is 82.6 cm³/mol. The van der Waals surface area contributed by atoms with Crippen LogP contribution < -0.4 is 5.32 Å². The van der Waals surface area contributed by atoms with Crippen LogP contribution in [0.5, 0.6) is 0 Å². The van der Waals surface area contributed by atoms with E-state index in [1.54, 1.807) is 0 Å². The van der Waals surface area contributed by atoms with Crippen molar-refractivity contribution in [2.75, 3.05) is 19.8 Å².